The summed E-state index contributed by atoms with van der Waals surface area (Å²) in [7, 11) is -2.03. The fourth-order valence-corrected chi connectivity index (χ4v) is 4.39. The molecule has 3 rings (SSSR count). The molecule has 6 heteroatoms. The third kappa shape index (κ3) is 3.51. The summed E-state index contributed by atoms with van der Waals surface area (Å²) in [6.45, 7) is 14.8. The van der Waals surface area contributed by atoms with Crippen LogP contribution in [0.25, 0.3) is 5.57 Å². The minimum atomic E-state index is -2.03. The molecule has 1 saturated heterocycles. The first-order valence-electron chi connectivity index (χ1n) is 8.88. The molecule has 140 valence electrons. The normalized spacial score (nSPS) is 32.4. The van der Waals surface area contributed by atoms with E-state index >= 15 is 0 Å². The van der Waals surface area contributed by atoms with Gasteiger partial charge in [-0.25, -0.2) is 0 Å². The third-order valence-corrected chi connectivity index (χ3v) is 9.98. The van der Waals surface area contributed by atoms with Crippen molar-refractivity contribution >= 4 is 13.9 Å². The van der Waals surface area contributed by atoms with Crippen LogP contribution in [0.4, 0.5) is 0 Å². The number of aliphatic hydroxyl groups excluding tert-OH is 1. The largest absolute Gasteiger partial charge is 0.465 e. The Labute approximate surface area is 151 Å². The minimum absolute atomic E-state index is 0.0756. The lowest BCUT2D eigenvalue weighted by molar-refractivity contribution is -0.155. The molecule has 1 aliphatic heterocycles. The molecule has 2 heterocycles. The summed E-state index contributed by atoms with van der Waals surface area (Å²) in [5.74, 6) is -0.110. The van der Waals surface area contributed by atoms with Crippen LogP contribution in [-0.2, 0) is 13.9 Å². The van der Waals surface area contributed by atoms with E-state index in [1.165, 1.54) is 0 Å². The number of furan rings is 1. The first-order valence-corrected chi connectivity index (χ1v) is 11.8. The van der Waals surface area contributed by atoms with E-state index in [4.69, 9.17) is 18.3 Å². The fraction of sp³-hybridized carbons (Fsp3) is 0.684. The first kappa shape index (κ1) is 18.9. The SMILES string of the molecule is CC1(C)O[C@@H]2[C@H](O1)[C@@H](O[Si](C)(C)C(C)(C)C)C=C(c1ccco1)[C@@H]2O. The number of hydrogen-bond acceptors (Lipinski definition) is 5. The van der Waals surface area contributed by atoms with Crippen molar-refractivity contribution in [1.29, 1.82) is 0 Å². The topological polar surface area (TPSA) is 61.1 Å². The van der Waals surface area contributed by atoms with Crippen molar-refractivity contribution in [3.63, 3.8) is 0 Å². The highest BCUT2D eigenvalue weighted by atomic mass is 28.4. The van der Waals surface area contributed by atoms with Crippen molar-refractivity contribution in [1.82, 2.24) is 0 Å². The van der Waals surface area contributed by atoms with E-state index < -0.39 is 26.3 Å². The number of hydrogen-bond donors (Lipinski definition) is 1. The van der Waals surface area contributed by atoms with Crippen LogP contribution in [0.2, 0.25) is 18.1 Å². The van der Waals surface area contributed by atoms with Gasteiger partial charge in [-0.05, 0) is 50.2 Å². The van der Waals surface area contributed by atoms with Gasteiger partial charge in [-0.2, -0.15) is 0 Å². The summed E-state index contributed by atoms with van der Waals surface area (Å²) in [4.78, 5) is 0. The van der Waals surface area contributed by atoms with Gasteiger partial charge >= 0.3 is 0 Å². The standard InChI is InChI=1S/C19H30O5Si/c1-18(2,3)25(6,7)24-14-11-12(13-9-8-10-21-13)15(20)17-16(14)22-19(4,5)23-17/h8-11,14-17,20H,1-7H3/t14-,15-,16+,17-/m0/s1. The summed E-state index contributed by atoms with van der Waals surface area (Å²) in [5, 5.41) is 10.9. The van der Waals surface area contributed by atoms with Gasteiger partial charge in [-0.3, -0.25) is 0 Å². The number of aliphatic hydroxyl groups is 1. The van der Waals surface area contributed by atoms with Crippen LogP contribution < -0.4 is 0 Å². The summed E-state index contributed by atoms with van der Waals surface area (Å²) in [6, 6.07) is 3.66. The Morgan fingerprint density at radius 3 is 2.36 bits per heavy atom. The van der Waals surface area contributed by atoms with Crippen LogP contribution in [-0.4, -0.2) is 43.6 Å². The molecule has 0 radical (unpaired) electrons. The van der Waals surface area contributed by atoms with Gasteiger partial charge in [-0.15, -0.1) is 0 Å². The molecule has 0 unspecified atom stereocenters. The lowest BCUT2D eigenvalue weighted by Crippen LogP contribution is -2.52. The van der Waals surface area contributed by atoms with E-state index in [0.717, 1.165) is 0 Å². The van der Waals surface area contributed by atoms with Crippen LogP contribution in [0.3, 0.4) is 0 Å². The molecule has 1 aromatic rings. The summed E-state index contributed by atoms with van der Waals surface area (Å²) in [5.41, 5.74) is 0.705. The van der Waals surface area contributed by atoms with Crippen molar-refractivity contribution in [3.05, 3.63) is 30.2 Å². The molecule has 2 aliphatic rings. The Hall–Kier alpha value is -0.923. The Balaban J connectivity index is 1.98. The highest BCUT2D eigenvalue weighted by Crippen LogP contribution is 2.44. The average Bonchev–Trinajstić information content (AvgIpc) is 3.07. The van der Waals surface area contributed by atoms with Crippen molar-refractivity contribution in [2.75, 3.05) is 0 Å². The van der Waals surface area contributed by atoms with E-state index in [1.54, 1.807) is 6.26 Å². The van der Waals surface area contributed by atoms with Crippen molar-refractivity contribution in [3.8, 4) is 0 Å². The molecule has 0 aromatic carbocycles. The van der Waals surface area contributed by atoms with E-state index in [9.17, 15) is 5.11 Å². The number of fused-ring (bicyclic) bond motifs is 1. The highest BCUT2D eigenvalue weighted by molar-refractivity contribution is 6.74. The molecule has 0 bridgehead atoms. The van der Waals surface area contributed by atoms with E-state index in [1.807, 2.05) is 32.1 Å². The minimum Gasteiger partial charge on any atom is -0.465 e. The van der Waals surface area contributed by atoms with Gasteiger partial charge in [0, 0.05) is 5.57 Å². The van der Waals surface area contributed by atoms with E-state index in [0.29, 0.717) is 11.3 Å². The van der Waals surface area contributed by atoms with Crippen molar-refractivity contribution < 1.29 is 23.4 Å². The van der Waals surface area contributed by atoms with Crippen LogP contribution in [0.5, 0.6) is 0 Å². The lowest BCUT2D eigenvalue weighted by atomic mass is 9.88. The molecule has 5 nitrogen and oxygen atoms in total. The van der Waals surface area contributed by atoms with Crippen molar-refractivity contribution in [2.24, 2.45) is 0 Å². The van der Waals surface area contributed by atoms with Crippen LogP contribution in [0.1, 0.15) is 40.4 Å². The number of ether oxygens (including phenoxy) is 2. The number of rotatable bonds is 3. The third-order valence-electron chi connectivity index (χ3n) is 5.50. The predicted molar refractivity (Wildman–Crippen MR) is 98.6 cm³/mol. The van der Waals surface area contributed by atoms with Crippen LogP contribution >= 0.6 is 0 Å². The summed E-state index contributed by atoms with van der Waals surface area (Å²) >= 11 is 0. The molecule has 4 atom stereocenters. The lowest BCUT2D eigenvalue weighted by Gasteiger charge is -2.42. The summed E-state index contributed by atoms with van der Waals surface area (Å²) < 4.78 is 24.3. The Bertz CT molecular complexity index is 641. The smallest absolute Gasteiger partial charge is 0.193 e. The zero-order valence-electron chi connectivity index (χ0n) is 16.2. The van der Waals surface area contributed by atoms with Crippen LogP contribution in [0.15, 0.2) is 28.9 Å². The second-order valence-corrected chi connectivity index (χ2v) is 13.7. The van der Waals surface area contributed by atoms with E-state index in [-0.39, 0.29) is 17.2 Å². The highest BCUT2D eigenvalue weighted by Gasteiger charge is 2.54. The molecule has 1 aliphatic carbocycles. The molecule has 0 amide bonds. The van der Waals surface area contributed by atoms with Gasteiger partial charge in [-0.1, -0.05) is 20.8 Å². The maximum atomic E-state index is 10.8. The predicted octanol–water partition coefficient (Wildman–Crippen LogP) is 3.95. The van der Waals surface area contributed by atoms with Crippen molar-refractivity contribution in [2.45, 2.75) is 83.0 Å². The van der Waals surface area contributed by atoms with Gasteiger partial charge < -0.3 is 23.4 Å². The first-order chi connectivity index (χ1) is 11.4. The molecule has 0 saturated carbocycles. The second-order valence-electron chi connectivity index (χ2n) is 8.95. The molecular weight excluding hydrogens is 336 g/mol. The molecule has 1 aromatic heterocycles. The fourth-order valence-electron chi connectivity index (χ4n) is 3.15. The molecule has 1 fully saturated rings. The van der Waals surface area contributed by atoms with Gasteiger partial charge in [0.05, 0.1) is 12.4 Å². The average molecular weight is 367 g/mol. The zero-order valence-corrected chi connectivity index (χ0v) is 17.2. The second kappa shape index (κ2) is 6.06. The van der Waals surface area contributed by atoms with Crippen LogP contribution in [0, 0.1) is 0 Å². The van der Waals surface area contributed by atoms with Gasteiger partial charge in [0.1, 0.15) is 24.1 Å². The summed E-state index contributed by atoms with van der Waals surface area (Å²) in [6.07, 6.45) is 1.66. The Kier molecular flexibility index (Phi) is 4.57. The monoisotopic (exact) mass is 366 g/mol. The van der Waals surface area contributed by atoms with Gasteiger partial charge in [0.2, 0.25) is 0 Å². The van der Waals surface area contributed by atoms with Gasteiger partial charge in [0.15, 0.2) is 14.1 Å². The molecule has 1 N–H and O–H groups in total. The molecule has 25 heavy (non-hydrogen) atoms. The quantitative estimate of drug-likeness (QED) is 0.821. The van der Waals surface area contributed by atoms with E-state index in [2.05, 4.69) is 33.9 Å². The Morgan fingerprint density at radius 2 is 1.80 bits per heavy atom. The van der Waals surface area contributed by atoms with Gasteiger partial charge in [0.25, 0.3) is 0 Å². The maximum absolute atomic E-state index is 10.8. The zero-order chi connectivity index (χ0) is 18.6. The maximum Gasteiger partial charge on any atom is 0.193 e. The molecule has 0 spiro atoms. The Morgan fingerprint density at radius 1 is 1.16 bits per heavy atom. The molecular formula is C19H30O5Si.